The summed E-state index contributed by atoms with van der Waals surface area (Å²) in [5.74, 6) is 0.177. The number of nitrogens with zero attached hydrogens (tertiary/aromatic N) is 2. The zero-order valence-electron chi connectivity index (χ0n) is 25.9. The molecule has 0 unspecified atom stereocenters. The second kappa shape index (κ2) is 12.8. The van der Waals surface area contributed by atoms with Crippen molar-refractivity contribution in [3.05, 3.63) is 82.4 Å². The number of allylic oxidation sites excluding steroid dienone is 2. The van der Waals surface area contributed by atoms with Gasteiger partial charge in [-0.05, 0) is 73.3 Å². The van der Waals surface area contributed by atoms with E-state index < -0.39 is 0 Å². The molecule has 0 bridgehead atoms. The van der Waals surface area contributed by atoms with Crippen molar-refractivity contribution in [2.45, 2.75) is 78.0 Å². The van der Waals surface area contributed by atoms with Crippen LogP contribution in [-0.2, 0) is 20.9 Å². The van der Waals surface area contributed by atoms with Crippen molar-refractivity contribution in [2.24, 2.45) is 23.7 Å². The lowest BCUT2D eigenvalue weighted by atomic mass is 9.67. The van der Waals surface area contributed by atoms with Crippen LogP contribution >= 0.6 is 0 Å². The summed E-state index contributed by atoms with van der Waals surface area (Å²) in [6.45, 7) is 9.87. The molecule has 3 fully saturated rings. The lowest BCUT2D eigenvalue weighted by Gasteiger charge is -2.36. The molecule has 6 nitrogen and oxygen atoms in total. The van der Waals surface area contributed by atoms with Crippen LogP contribution in [0.3, 0.4) is 0 Å². The first-order valence-electron chi connectivity index (χ1n) is 16.3. The fourth-order valence-corrected chi connectivity index (χ4v) is 7.99. The molecule has 3 saturated heterocycles. The molecule has 43 heavy (non-hydrogen) atoms. The van der Waals surface area contributed by atoms with Gasteiger partial charge in [0.25, 0.3) is 0 Å². The van der Waals surface area contributed by atoms with Crippen LogP contribution in [0.4, 0.5) is 0 Å². The number of aromatic hydroxyl groups is 1. The topological polar surface area (TPSA) is 70.1 Å². The van der Waals surface area contributed by atoms with Gasteiger partial charge in [0.05, 0.1) is 24.5 Å². The van der Waals surface area contributed by atoms with Crippen LogP contribution in [0.15, 0.2) is 71.3 Å². The molecule has 2 aromatic rings. The van der Waals surface area contributed by atoms with Crippen molar-refractivity contribution in [2.75, 3.05) is 19.7 Å². The van der Waals surface area contributed by atoms with Gasteiger partial charge in [-0.3, -0.25) is 19.4 Å². The van der Waals surface area contributed by atoms with E-state index in [-0.39, 0.29) is 47.5 Å². The Labute approximate surface area is 256 Å². The van der Waals surface area contributed by atoms with Crippen molar-refractivity contribution < 1.29 is 19.4 Å². The fraction of sp³-hybridized carbons (Fsp3) is 0.514. The van der Waals surface area contributed by atoms with Gasteiger partial charge in [0.15, 0.2) is 0 Å². The second-order valence-corrected chi connectivity index (χ2v) is 13.2. The highest BCUT2D eigenvalue weighted by Gasteiger charge is 2.58. The number of carbonyl (C=O) groups excluding carboxylic acids is 2. The number of carbonyl (C=O) groups is 2. The smallest absolute Gasteiger partial charge is 0.234 e. The van der Waals surface area contributed by atoms with E-state index >= 15 is 0 Å². The van der Waals surface area contributed by atoms with Crippen molar-refractivity contribution in [1.82, 2.24) is 9.80 Å². The van der Waals surface area contributed by atoms with Gasteiger partial charge in [0.2, 0.25) is 11.8 Å². The molecule has 1 aliphatic carbocycles. The van der Waals surface area contributed by atoms with Gasteiger partial charge >= 0.3 is 0 Å². The molecule has 1 N–H and O–H groups in total. The lowest BCUT2D eigenvalue weighted by molar-refractivity contribution is -0.144. The van der Waals surface area contributed by atoms with Crippen LogP contribution in [0.1, 0.15) is 70.4 Å². The first kappa shape index (κ1) is 29.8. The molecule has 0 spiro atoms. The molecular formula is C37H46N2O4. The Morgan fingerprint density at radius 3 is 2.40 bits per heavy atom. The van der Waals surface area contributed by atoms with E-state index in [9.17, 15) is 14.7 Å². The van der Waals surface area contributed by atoms with Gasteiger partial charge < -0.3 is 9.84 Å². The minimum atomic E-state index is -0.282. The Bertz CT molecular complexity index is 1370. The Morgan fingerprint density at radius 2 is 1.72 bits per heavy atom. The third-order valence-electron chi connectivity index (χ3n) is 10.3. The minimum Gasteiger partial charge on any atom is -0.508 e. The number of hydrogen-bond donors (Lipinski definition) is 1. The molecule has 228 valence electrons. The van der Waals surface area contributed by atoms with E-state index in [1.54, 1.807) is 17.0 Å². The number of imide groups is 1. The standard InChI is InChI=1S/C37H46N2O4/c1-4-25(20-26-10-13-29(40)14-11-26)12-15-33-34-30(24(2)3)21-31-35(32(34)23-43-33)37(42)39(36(31)41)28-16-18-38(19-17-28)22-27-8-6-5-7-9-27/h5-11,13-14,20,24,28,31-33,35,40H,4,12,15-19,21-23H2,1-3H3/b25-20+/t31-,32+,33-,35-/m1/s1. The lowest BCUT2D eigenvalue weighted by Crippen LogP contribution is -2.47. The van der Waals surface area contributed by atoms with Crippen LogP contribution in [0.25, 0.3) is 6.08 Å². The monoisotopic (exact) mass is 582 g/mol. The molecule has 4 aliphatic rings. The summed E-state index contributed by atoms with van der Waals surface area (Å²) in [4.78, 5) is 32.1. The number of benzene rings is 2. The number of rotatable bonds is 9. The number of piperidine rings is 1. The molecule has 3 heterocycles. The second-order valence-electron chi connectivity index (χ2n) is 13.2. The van der Waals surface area contributed by atoms with E-state index in [4.69, 9.17) is 4.74 Å². The highest BCUT2D eigenvalue weighted by molar-refractivity contribution is 6.06. The predicted molar refractivity (Wildman–Crippen MR) is 169 cm³/mol. The van der Waals surface area contributed by atoms with Crippen LogP contribution in [0, 0.1) is 23.7 Å². The van der Waals surface area contributed by atoms with Gasteiger partial charge in [-0.15, -0.1) is 0 Å². The molecule has 3 aliphatic heterocycles. The van der Waals surface area contributed by atoms with E-state index in [1.807, 2.05) is 18.2 Å². The molecule has 6 heteroatoms. The van der Waals surface area contributed by atoms with Gasteiger partial charge in [0.1, 0.15) is 5.75 Å². The zero-order valence-corrected chi connectivity index (χ0v) is 25.9. The number of likely N-dealkylation sites (tertiary alicyclic amines) is 2. The summed E-state index contributed by atoms with van der Waals surface area (Å²) in [7, 11) is 0. The van der Waals surface area contributed by atoms with Gasteiger partial charge in [-0.1, -0.05) is 80.5 Å². The quantitative estimate of drug-likeness (QED) is 0.266. The van der Waals surface area contributed by atoms with E-state index in [1.165, 1.54) is 22.3 Å². The maximum atomic E-state index is 14.1. The summed E-state index contributed by atoms with van der Waals surface area (Å²) in [6, 6.07) is 17.8. The van der Waals surface area contributed by atoms with Gasteiger partial charge in [-0.25, -0.2) is 0 Å². The van der Waals surface area contributed by atoms with Crippen LogP contribution < -0.4 is 0 Å². The van der Waals surface area contributed by atoms with E-state index in [0.29, 0.717) is 18.9 Å². The number of fused-ring (bicyclic) bond motifs is 3. The van der Waals surface area contributed by atoms with Crippen molar-refractivity contribution in [3.63, 3.8) is 0 Å². The largest absolute Gasteiger partial charge is 0.508 e. The number of amides is 2. The third-order valence-corrected chi connectivity index (χ3v) is 10.3. The molecule has 2 aromatic carbocycles. The Balaban J connectivity index is 1.14. The van der Waals surface area contributed by atoms with Crippen LogP contribution in [0.5, 0.6) is 5.75 Å². The Morgan fingerprint density at radius 1 is 1.00 bits per heavy atom. The van der Waals surface area contributed by atoms with Crippen molar-refractivity contribution >= 4 is 17.9 Å². The average Bonchev–Trinajstić information content (AvgIpc) is 3.54. The summed E-state index contributed by atoms with van der Waals surface area (Å²) in [5.41, 5.74) is 6.39. The predicted octanol–water partition coefficient (Wildman–Crippen LogP) is 6.60. The van der Waals surface area contributed by atoms with Crippen LogP contribution in [-0.4, -0.2) is 58.6 Å². The maximum Gasteiger partial charge on any atom is 0.234 e. The molecule has 2 amide bonds. The van der Waals surface area contributed by atoms with Crippen molar-refractivity contribution in [3.8, 4) is 5.75 Å². The minimum absolute atomic E-state index is 0.00107. The van der Waals surface area contributed by atoms with Crippen LogP contribution in [0.2, 0.25) is 0 Å². The Kier molecular flexibility index (Phi) is 8.88. The SMILES string of the molecule is CC/C(=C\c1ccc(O)cc1)CC[C@H]1OC[C@H]2C1=C(C(C)C)C[C@H]1C(=O)N(C3CCN(Cc4ccccc4)CC3)C(=O)[C@H]12. The van der Waals surface area contributed by atoms with E-state index in [2.05, 4.69) is 56.0 Å². The molecular weight excluding hydrogens is 536 g/mol. The first-order valence-corrected chi connectivity index (χ1v) is 16.3. The molecule has 0 aromatic heterocycles. The average molecular weight is 583 g/mol. The summed E-state index contributed by atoms with van der Waals surface area (Å²) in [6.07, 6.45) is 7.33. The maximum absolute atomic E-state index is 14.1. The zero-order chi connectivity index (χ0) is 30.1. The van der Waals surface area contributed by atoms with Gasteiger partial charge in [-0.2, -0.15) is 0 Å². The van der Waals surface area contributed by atoms with E-state index in [0.717, 1.165) is 57.3 Å². The number of ether oxygens (including phenoxy) is 1. The summed E-state index contributed by atoms with van der Waals surface area (Å²) in [5, 5.41) is 9.63. The fourth-order valence-electron chi connectivity index (χ4n) is 7.99. The first-order chi connectivity index (χ1) is 20.8. The number of hydrogen-bond acceptors (Lipinski definition) is 5. The highest BCUT2D eigenvalue weighted by atomic mass is 16.5. The van der Waals surface area contributed by atoms with Crippen molar-refractivity contribution in [1.29, 1.82) is 0 Å². The highest BCUT2D eigenvalue weighted by Crippen LogP contribution is 2.52. The summed E-state index contributed by atoms with van der Waals surface area (Å²) >= 11 is 0. The molecule has 0 saturated carbocycles. The third kappa shape index (κ3) is 6.09. The number of phenolic OH excluding ortho intramolecular Hbond substituents is 1. The Hall–Kier alpha value is -3.22. The molecule has 4 atom stereocenters. The summed E-state index contributed by atoms with van der Waals surface area (Å²) < 4.78 is 6.48. The van der Waals surface area contributed by atoms with Gasteiger partial charge in [0, 0.05) is 31.6 Å². The normalized spacial score (nSPS) is 26.9. The number of phenols is 1. The molecule has 0 radical (unpaired) electrons. The molecule has 6 rings (SSSR count).